The van der Waals surface area contributed by atoms with Gasteiger partial charge < -0.3 is 20.1 Å². The van der Waals surface area contributed by atoms with Crippen LogP contribution in [0.2, 0.25) is 0 Å². The number of amides is 1. The van der Waals surface area contributed by atoms with Gasteiger partial charge in [0, 0.05) is 12.2 Å². The molecule has 3 N–H and O–H groups in total. The first-order valence-corrected chi connectivity index (χ1v) is 7.34. The Morgan fingerprint density at radius 2 is 1.92 bits per heavy atom. The van der Waals surface area contributed by atoms with Crippen molar-refractivity contribution in [3.63, 3.8) is 0 Å². The number of ether oxygens (including phenoxy) is 1. The number of H-pyrrole nitrogens is 1. The molecule has 6 nitrogen and oxygen atoms in total. The minimum absolute atomic E-state index is 0.0461. The average molecular weight is 334 g/mol. The van der Waals surface area contributed by atoms with Crippen LogP contribution in [0.25, 0.3) is 0 Å². The number of rotatable bonds is 5. The fourth-order valence-corrected chi connectivity index (χ4v) is 2.47. The van der Waals surface area contributed by atoms with E-state index in [4.69, 9.17) is 4.74 Å². The zero-order chi connectivity index (χ0) is 17.9. The fraction of sp³-hybridized carbons (Fsp3) is 0.294. The van der Waals surface area contributed by atoms with Crippen LogP contribution in [-0.2, 0) is 4.74 Å². The van der Waals surface area contributed by atoms with E-state index in [-0.39, 0.29) is 12.2 Å². The normalized spacial score (nSPS) is 11.9. The first-order chi connectivity index (χ1) is 11.3. The van der Waals surface area contributed by atoms with E-state index in [1.807, 2.05) is 0 Å². The summed E-state index contributed by atoms with van der Waals surface area (Å²) in [6.45, 7) is 3.26. The lowest BCUT2D eigenvalue weighted by Gasteiger charge is -2.12. The van der Waals surface area contributed by atoms with E-state index in [1.165, 1.54) is 31.4 Å². The minimum Gasteiger partial charge on any atom is -0.465 e. The molecule has 2 aromatic rings. The van der Waals surface area contributed by atoms with Crippen LogP contribution in [0.4, 0.5) is 4.39 Å². The monoisotopic (exact) mass is 334 g/mol. The Bertz CT molecular complexity index is 753. The van der Waals surface area contributed by atoms with Gasteiger partial charge in [0.1, 0.15) is 11.5 Å². The Balaban J connectivity index is 2.08. The molecule has 0 radical (unpaired) electrons. The minimum atomic E-state index is -0.967. The smallest absolute Gasteiger partial charge is 0.339 e. The lowest BCUT2D eigenvalue weighted by molar-refractivity contribution is 0.0599. The summed E-state index contributed by atoms with van der Waals surface area (Å²) < 4.78 is 17.6. The molecule has 0 aliphatic heterocycles. The van der Waals surface area contributed by atoms with Gasteiger partial charge in [-0.15, -0.1) is 0 Å². The zero-order valence-electron chi connectivity index (χ0n) is 13.6. The Hall–Kier alpha value is -2.67. The number of aryl methyl sites for hydroxylation is 1. The van der Waals surface area contributed by atoms with E-state index in [0.29, 0.717) is 22.4 Å². The summed E-state index contributed by atoms with van der Waals surface area (Å²) in [4.78, 5) is 26.8. The highest BCUT2D eigenvalue weighted by molar-refractivity contribution is 6.00. The quantitative estimate of drug-likeness (QED) is 0.730. The van der Waals surface area contributed by atoms with Gasteiger partial charge in [-0.3, -0.25) is 4.79 Å². The molecular formula is C17H19FN2O4. The zero-order valence-corrected chi connectivity index (χ0v) is 13.6. The molecular weight excluding hydrogens is 315 g/mol. The fourth-order valence-electron chi connectivity index (χ4n) is 2.47. The number of hydrogen-bond acceptors (Lipinski definition) is 4. The number of benzene rings is 1. The van der Waals surface area contributed by atoms with E-state index in [9.17, 15) is 19.1 Å². The van der Waals surface area contributed by atoms with Gasteiger partial charge in [0.2, 0.25) is 0 Å². The highest BCUT2D eigenvalue weighted by Gasteiger charge is 2.22. The molecule has 24 heavy (non-hydrogen) atoms. The number of carbonyl (C=O) groups is 2. The average Bonchev–Trinajstić information content (AvgIpc) is 2.87. The molecule has 0 spiro atoms. The van der Waals surface area contributed by atoms with Gasteiger partial charge in [0.05, 0.1) is 18.8 Å². The predicted octanol–water partition coefficient (Wildman–Crippen LogP) is 2.02. The third-order valence-electron chi connectivity index (χ3n) is 3.76. The summed E-state index contributed by atoms with van der Waals surface area (Å²) in [6.07, 6.45) is -0.967. The summed E-state index contributed by atoms with van der Waals surface area (Å²) in [5, 5.41) is 12.6. The SMILES string of the molecule is COC(=O)c1c(C)[nH]c(C(=O)NCC(O)c2ccc(F)cc2)c1C. The molecule has 1 aromatic heterocycles. The summed E-state index contributed by atoms with van der Waals surface area (Å²) in [7, 11) is 1.27. The van der Waals surface area contributed by atoms with Crippen LogP contribution < -0.4 is 5.32 Å². The largest absolute Gasteiger partial charge is 0.465 e. The van der Waals surface area contributed by atoms with Gasteiger partial charge in [-0.1, -0.05) is 12.1 Å². The molecule has 128 valence electrons. The molecule has 1 atom stereocenters. The Morgan fingerprint density at radius 3 is 2.50 bits per heavy atom. The Morgan fingerprint density at radius 1 is 1.29 bits per heavy atom. The van der Waals surface area contributed by atoms with Crippen LogP contribution in [0, 0.1) is 19.7 Å². The van der Waals surface area contributed by atoms with Crippen molar-refractivity contribution in [3.8, 4) is 0 Å². The number of carbonyl (C=O) groups excluding carboxylic acids is 2. The molecule has 1 amide bonds. The van der Waals surface area contributed by atoms with Crippen LogP contribution in [0.3, 0.4) is 0 Å². The molecule has 1 unspecified atom stereocenters. The number of methoxy groups -OCH3 is 1. The third kappa shape index (κ3) is 3.62. The van der Waals surface area contributed by atoms with E-state index in [0.717, 1.165) is 0 Å². The Kier molecular flexibility index (Phi) is 5.35. The van der Waals surface area contributed by atoms with Crippen molar-refractivity contribution in [1.29, 1.82) is 0 Å². The van der Waals surface area contributed by atoms with Crippen molar-refractivity contribution in [2.24, 2.45) is 0 Å². The Labute approximate surface area is 138 Å². The van der Waals surface area contributed by atoms with E-state index < -0.39 is 23.8 Å². The van der Waals surface area contributed by atoms with Crippen LogP contribution in [0.5, 0.6) is 0 Å². The molecule has 0 bridgehead atoms. The van der Waals surface area contributed by atoms with Crippen molar-refractivity contribution in [2.45, 2.75) is 20.0 Å². The van der Waals surface area contributed by atoms with E-state index >= 15 is 0 Å². The lowest BCUT2D eigenvalue weighted by Crippen LogP contribution is -2.29. The number of aliphatic hydroxyl groups excluding tert-OH is 1. The highest BCUT2D eigenvalue weighted by atomic mass is 19.1. The maximum Gasteiger partial charge on any atom is 0.339 e. The first-order valence-electron chi connectivity index (χ1n) is 7.34. The van der Waals surface area contributed by atoms with Gasteiger partial charge in [0.25, 0.3) is 5.91 Å². The number of esters is 1. The van der Waals surface area contributed by atoms with Gasteiger partial charge in [-0.05, 0) is 37.1 Å². The number of hydrogen-bond donors (Lipinski definition) is 3. The van der Waals surface area contributed by atoms with Crippen LogP contribution in [0.1, 0.15) is 43.8 Å². The molecule has 0 saturated carbocycles. The summed E-state index contributed by atoms with van der Waals surface area (Å²) in [5.74, 6) is -1.37. The second-order valence-electron chi connectivity index (χ2n) is 5.39. The molecule has 1 heterocycles. The third-order valence-corrected chi connectivity index (χ3v) is 3.76. The number of nitrogens with one attached hydrogen (secondary N) is 2. The van der Waals surface area contributed by atoms with Gasteiger partial charge in [-0.25, -0.2) is 9.18 Å². The van der Waals surface area contributed by atoms with Crippen molar-refractivity contribution < 1.29 is 23.8 Å². The van der Waals surface area contributed by atoms with Crippen molar-refractivity contribution in [1.82, 2.24) is 10.3 Å². The maximum absolute atomic E-state index is 12.9. The van der Waals surface area contributed by atoms with Crippen LogP contribution in [-0.4, -0.2) is 35.6 Å². The second kappa shape index (κ2) is 7.27. The molecule has 1 aromatic carbocycles. The molecule has 0 fully saturated rings. The molecule has 0 aliphatic rings. The molecule has 2 rings (SSSR count). The number of aromatic amines is 1. The second-order valence-corrected chi connectivity index (χ2v) is 5.39. The highest BCUT2D eigenvalue weighted by Crippen LogP contribution is 2.19. The topological polar surface area (TPSA) is 91.4 Å². The van der Waals surface area contributed by atoms with Crippen LogP contribution >= 0.6 is 0 Å². The maximum atomic E-state index is 12.9. The van der Waals surface area contributed by atoms with Crippen molar-refractivity contribution >= 4 is 11.9 Å². The van der Waals surface area contributed by atoms with Crippen molar-refractivity contribution in [3.05, 3.63) is 58.2 Å². The summed E-state index contributed by atoms with van der Waals surface area (Å²) >= 11 is 0. The molecule has 7 heteroatoms. The van der Waals surface area contributed by atoms with E-state index in [1.54, 1.807) is 13.8 Å². The van der Waals surface area contributed by atoms with Gasteiger partial charge >= 0.3 is 5.97 Å². The van der Waals surface area contributed by atoms with E-state index in [2.05, 4.69) is 10.3 Å². The number of aromatic nitrogens is 1. The summed E-state index contributed by atoms with van der Waals surface area (Å²) in [6, 6.07) is 5.38. The lowest BCUT2D eigenvalue weighted by atomic mass is 10.1. The first kappa shape index (κ1) is 17.7. The van der Waals surface area contributed by atoms with Gasteiger partial charge in [-0.2, -0.15) is 0 Å². The predicted molar refractivity (Wildman–Crippen MR) is 85.3 cm³/mol. The standard InChI is InChI=1S/C17H19FN2O4/c1-9-14(17(23)24-3)10(2)20-15(9)16(22)19-8-13(21)11-4-6-12(18)7-5-11/h4-7,13,20-21H,8H2,1-3H3,(H,19,22). The number of aliphatic hydroxyl groups is 1. The van der Waals surface area contributed by atoms with Crippen LogP contribution in [0.15, 0.2) is 24.3 Å². The molecule has 0 saturated heterocycles. The summed E-state index contributed by atoms with van der Waals surface area (Å²) in [5.41, 5.74) is 2.06. The van der Waals surface area contributed by atoms with Gasteiger partial charge in [0.15, 0.2) is 0 Å². The molecule has 0 aliphatic carbocycles. The number of halogens is 1. The van der Waals surface area contributed by atoms with Crippen molar-refractivity contribution in [2.75, 3.05) is 13.7 Å².